The fraction of sp³-hybridized carbons (Fsp3) is 0.250. The molecule has 0 saturated carbocycles. The number of fused-ring (bicyclic) bond motifs is 1. The summed E-state index contributed by atoms with van der Waals surface area (Å²) in [4.78, 5) is 30.1. The minimum absolute atomic E-state index is 0.149. The number of carbonyl (C=O) groups excluding carboxylic acids is 1. The Morgan fingerprint density at radius 3 is 2.30 bits per heavy atom. The Bertz CT molecular complexity index is 1500. The largest absolute Gasteiger partial charge is 0.497 e. The van der Waals surface area contributed by atoms with Crippen molar-refractivity contribution in [3.8, 4) is 28.6 Å². The topological polar surface area (TPSA) is 118 Å². The van der Waals surface area contributed by atoms with Crippen LogP contribution in [-0.4, -0.2) is 42.9 Å². The lowest BCUT2D eigenvalue weighted by atomic mass is 10.0. The molecule has 9 nitrogen and oxygen atoms in total. The van der Waals surface area contributed by atoms with Gasteiger partial charge in [0.25, 0.3) is 11.5 Å². The molecule has 0 saturated heterocycles. The number of nitrogens with one attached hydrogen (secondary N) is 1. The first-order chi connectivity index (χ1) is 17.7. The van der Waals surface area contributed by atoms with Crippen molar-refractivity contribution in [1.29, 1.82) is 0 Å². The predicted molar refractivity (Wildman–Crippen MR) is 143 cm³/mol. The number of benzene rings is 3. The monoisotopic (exact) mass is 502 g/mol. The zero-order chi connectivity index (χ0) is 26.7. The number of nitrogens with two attached hydrogens (primary N) is 1. The second kappa shape index (κ2) is 10.6. The fourth-order valence-electron chi connectivity index (χ4n) is 4.18. The van der Waals surface area contributed by atoms with Gasteiger partial charge in [-0.2, -0.15) is 0 Å². The van der Waals surface area contributed by atoms with Crippen LogP contribution in [-0.2, 0) is 0 Å². The minimum Gasteiger partial charge on any atom is -0.497 e. The maximum Gasteiger partial charge on any atom is 0.283 e. The third kappa shape index (κ3) is 5.20. The molecule has 1 aromatic heterocycles. The summed E-state index contributed by atoms with van der Waals surface area (Å²) in [5, 5.41) is 3.14. The van der Waals surface area contributed by atoms with Gasteiger partial charge in [-0.15, -0.1) is 0 Å². The summed E-state index contributed by atoms with van der Waals surface area (Å²) in [6.45, 7) is 6.44. The van der Waals surface area contributed by atoms with Gasteiger partial charge in [-0.05, 0) is 56.2 Å². The van der Waals surface area contributed by atoms with Crippen LogP contribution in [0.5, 0.6) is 17.2 Å². The van der Waals surface area contributed by atoms with Gasteiger partial charge in [0.1, 0.15) is 29.2 Å². The van der Waals surface area contributed by atoms with Gasteiger partial charge in [0.15, 0.2) is 5.82 Å². The van der Waals surface area contributed by atoms with Crippen molar-refractivity contribution in [2.24, 2.45) is 0 Å². The number of ether oxygens (including phenoxy) is 3. The highest BCUT2D eigenvalue weighted by molar-refractivity contribution is 5.94. The van der Waals surface area contributed by atoms with Crippen molar-refractivity contribution in [2.45, 2.75) is 20.8 Å². The maximum absolute atomic E-state index is 13.1. The number of rotatable bonds is 8. The molecule has 3 aromatic carbocycles. The molecule has 0 atom stereocenters. The quantitative estimate of drug-likeness (QED) is 0.280. The number of nitrogens with zero attached hydrogens (tertiary/aromatic N) is 2. The van der Waals surface area contributed by atoms with E-state index in [1.807, 2.05) is 45.0 Å². The molecule has 192 valence electrons. The SMILES string of the molecule is COc1cc(OC)c2c(=O)n(N)c(-c3cc(C)c(OCCNC(=O)c4ccc(C)cc4)c(C)c3)nc2c1. The average molecular weight is 503 g/mol. The molecule has 0 aliphatic rings. The van der Waals surface area contributed by atoms with Crippen molar-refractivity contribution < 1.29 is 19.0 Å². The number of nitrogen functional groups attached to an aromatic ring is 1. The van der Waals surface area contributed by atoms with E-state index in [1.165, 1.54) is 14.2 Å². The van der Waals surface area contributed by atoms with E-state index in [-0.39, 0.29) is 11.3 Å². The second-order valence-electron chi connectivity index (χ2n) is 8.74. The molecule has 0 radical (unpaired) electrons. The summed E-state index contributed by atoms with van der Waals surface area (Å²) in [7, 11) is 3.01. The van der Waals surface area contributed by atoms with Gasteiger partial charge in [0.05, 0.1) is 26.3 Å². The van der Waals surface area contributed by atoms with E-state index in [1.54, 1.807) is 24.3 Å². The first kappa shape index (κ1) is 25.6. The molecule has 4 aromatic rings. The highest BCUT2D eigenvalue weighted by Gasteiger charge is 2.18. The van der Waals surface area contributed by atoms with Crippen molar-refractivity contribution >= 4 is 16.8 Å². The van der Waals surface area contributed by atoms with Crippen molar-refractivity contribution in [3.05, 3.63) is 81.1 Å². The molecule has 4 rings (SSSR count). The molecule has 0 bridgehead atoms. The molecule has 9 heteroatoms. The molecule has 0 unspecified atom stereocenters. The van der Waals surface area contributed by atoms with E-state index in [0.717, 1.165) is 21.4 Å². The van der Waals surface area contributed by atoms with E-state index in [2.05, 4.69) is 10.3 Å². The van der Waals surface area contributed by atoms with Crippen LogP contribution in [0.15, 0.2) is 53.3 Å². The van der Waals surface area contributed by atoms with Crippen LogP contribution < -0.4 is 30.9 Å². The van der Waals surface area contributed by atoms with Crippen LogP contribution in [0.25, 0.3) is 22.3 Å². The number of hydrogen-bond acceptors (Lipinski definition) is 7. The third-order valence-corrected chi connectivity index (χ3v) is 6.06. The Hall–Kier alpha value is -4.53. The van der Waals surface area contributed by atoms with Crippen LogP contribution in [0.2, 0.25) is 0 Å². The Balaban J connectivity index is 1.55. The second-order valence-corrected chi connectivity index (χ2v) is 8.74. The molecule has 0 aliphatic heterocycles. The lowest BCUT2D eigenvalue weighted by Gasteiger charge is -2.16. The highest BCUT2D eigenvalue weighted by atomic mass is 16.5. The van der Waals surface area contributed by atoms with E-state index in [4.69, 9.17) is 20.1 Å². The average Bonchev–Trinajstić information content (AvgIpc) is 2.89. The molecular weight excluding hydrogens is 472 g/mol. The van der Waals surface area contributed by atoms with Crippen molar-refractivity contribution in [3.63, 3.8) is 0 Å². The van der Waals surface area contributed by atoms with E-state index in [0.29, 0.717) is 52.9 Å². The first-order valence-electron chi connectivity index (χ1n) is 11.8. The van der Waals surface area contributed by atoms with Gasteiger partial charge in [-0.3, -0.25) is 9.59 Å². The van der Waals surface area contributed by atoms with Gasteiger partial charge < -0.3 is 25.4 Å². The molecule has 1 amide bonds. The van der Waals surface area contributed by atoms with Crippen LogP contribution >= 0.6 is 0 Å². The smallest absolute Gasteiger partial charge is 0.283 e. The Labute approximate surface area is 214 Å². The minimum atomic E-state index is -0.431. The Morgan fingerprint density at radius 1 is 1.00 bits per heavy atom. The van der Waals surface area contributed by atoms with Gasteiger partial charge in [0.2, 0.25) is 0 Å². The van der Waals surface area contributed by atoms with E-state index < -0.39 is 5.56 Å². The number of aryl methyl sites for hydroxylation is 3. The number of methoxy groups -OCH3 is 2. The van der Waals surface area contributed by atoms with Gasteiger partial charge in [-0.25, -0.2) is 9.66 Å². The van der Waals surface area contributed by atoms with Crippen LogP contribution in [0.1, 0.15) is 27.0 Å². The zero-order valence-corrected chi connectivity index (χ0v) is 21.5. The lowest BCUT2D eigenvalue weighted by Crippen LogP contribution is -2.30. The molecule has 0 fully saturated rings. The van der Waals surface area contributed by atoms with E-state index in [9.17, 15) is 9.59 Å². The fourth-order valence-corrected chi connectivity index (χ4v) is 4.18. The highest BCUT2D eigenvalue weighted by Crippen LogP contribution is 2.32. The Kier molecular flexibility index (Phi) is 7.33. The lowest BCUT2D eigenvalue weighted by molar-refractivity contribution is 0.0947. The van der Waals surface area contributed by atoms with E-state index >= 15 is 0 Å². The maximum atomic E-state index is 13.1. The summed E-state index contributed by atoms with van der Waals surface area (Å²) in [6, 6.07) is 14.4. The van der Waals surface area contributed by atoms with Gasteiger partial charge in [-0.1, -0.05) is 17.7 Å². The summed E-state index contributed by atoms with van der Waals surface area (Å²) >= 11 is 0. The number of carbonyl (C=O) groups is 1. The number of hydrogen-bond donors (Lipinski definition) is 2. The molecule has 0 spiro atoms. The van der Waals surface area contributed by atoms with Crippen molar-refractivity contribution in [2.75, 3.05) is 33.2 Å². The first-order valence-corrected chi connectivity index (χ1v) is 11.8. The summed E-state index contributed by atoms with van der Waals surface area (Å²) in [5.41, 5.74) is 4.04. The molecule has 1 heterocycles. The van der Waals surface area contributed by atoms with Gasteiger partial charge in [0, 0.05) is 23.3 Å². The van der Waals surface area contributed by atoms with Crippen molar-refractivity contribution in [1.82, 2.24) is 15.0 Å². The molecule has 37 heavy (non-hydrogen) atoms. The number of amides is 1. The van der Waals surface area contributed by atoms with Crippen LogP contribution in [0.3, 0.4) is 0 Å². The third-order valence-electron chi connectivity index (χ3n) is 6.06. The molecular formula is C28H30N4O5. The van der Waals surface area contributed by atoms with Crippen LogP contribution in [0.4, 0.5) is 0 Å². The van der Waals surface area contributed by atoms with Crippen LogP contribution in [0, 0.1) is 20.8 Å². The summed E-state index contributed by atoms with van der Waals surface area (Å²) < 4.78 is 17.7. The standard InChI is InChI=1S/C28H30N4O5/c1-16-6-8-19(9-7-16)27(33)30-10-11-37-25-17(2)12-20(13-18(25)3)26-31-22-14-21(35-4)15-23(36-5)24(22)28(34)32(26)29/h6-9,12-15H,10-11,29H2,1-5H3,(H,30,33). The molecule has 0 aliphatic carbocycles. The molecule has 3 N–H and O–H groups in total. The summed E-state index contributed by atoms with van der Waals surface area (Å²) in [5.74, 6) is 7.88. The van der Waals surface area contributed by atoms with Gasteiger partial charge >= 0.3 is 0 Å². The number of aromatic nitrogens is 2. The normalized spacial score (nSPS) is 10.8. The Morgan fingerprint density at radius 2 is 1.68 bits per heavy atom. The predicted octanol–water partition coefficient (Wildman–Crippen LogP) is 3.53. The zero-order valence-electron chi connectivity index (χ0n) is 21.5. The summed E-state index contributed by atoms with van der Waals surface area (Å²) in [6.07, 6.45) is 0.